The molecular formula is C23H23N5O4. The summed E-state index contributed by atoms with van der Waals surface area (Å²) in [6, 6.07) is 10.1. The average Bonchev–Trinajstić information content (AvgIpc) is 3.47. The van der Waals surface area contributed by atoms with E-state index >= 15 is 0 Å². The Bertz CT molecular complexity index is 1160. The number of nitriles is 1. The molecule has 9 heteroatoms. The summed E-state index contributed by atoms with van der Waals surface area (Å²) < 4.78 is 6.61. The number of carbonyl (C=O) groups is 1. The lowest BCUT2D eigenvalue weighted by atomic mass is 9.99. The molecule has 1 amide bonds. The number of hydrogen-bond acceptors (Lipinski definition) is 7. The maximum Gasteiger partial charge on any atom is 0.253 e. The van der Waals surface area contributed by atoms with Crippen LogP contribution in [-0.4, -0.2) is 56.7 Å². The van der Waals surface area contributed by atoms with E-state index in [0.717, 1.165) is 17.5 Å². The van der Waals surface area contributed by atoms with Crippen molar-refractivity contribution in [2.75, 3.05) is 19.8 Å². The van der Waals surface area contributed by atoms with E-state index in [4.69, 9.17) is 10.00 Å². The molecule has 3 N–H and O–H groups in total. The van der Waals surface area contributed by atoms with Gasteiger partial charge in [-0.2, -0.15) is 15.0 Å². The summed E-state index contributed by atoms with van der Waals surface area (Å²) in [6.07, 6.45) is 3.72. The summed E-state index contributed by atoms with van der Waals surface area (Å²) in [5.74, 6) is -0.00141. The molecule has 2 unspecified atom stereocenters. The minimum Gasteiger partial charge on any atom is -0.493 e. The molecule has 0 saturated carbocycles. The molecule has 1 aromatic carbocycles. The van der Waals surface area contributed by atoms with Crippen molar-refractivity contribution >= 4 is 5.91 Å². The highest BCUT2D eigenvalue weighted by Crippen LogP contribution is 2.33. The van der Waals surface area contributed by atoms with Crippen LogP contribution in [0.1, 0.15) is 27.9 Å². The van der Waals surface area contributed by atoms with Crippen molar-refractivity contribution in [3.8, 4) is 28.9 Å². The Hall–Kier alpha value is -3.74. The Morgan fingerprint density at radius 2 is 2.19 bits per heavy atom. The fraction of sp³-hybridized carbons (Fsp3) is 0.304. The second-order valence-corrected chi connectivity index (χ2v) is 7.73. The molecule has 164 valence electrons. The van der Waals surface area contributed by atoms with E-state index < -0.39 is 0 Å². The van der Waals surface area contributed by atoms with Gasteiger partial charge < -0.3 is 20.3 Å². The third kappa shape index (κ3) is 4.19. The van der Waals surface area contributed by atoms with Gasteiger partial charge in [-0.15, -0.1) is 0 Å². The molecular weight excluding hydrogens is 410 g/mol. The lowest BCUT2D eigenvalue weighted by Gasteiger charge is -2.21. The quantitative estimate of drug-likeness (QED) is 0.541. The number of aromatic hydroxyl groups is 1. The molecule has 1 saturated heterocycles. The topological polar surface area (TPSA) is 133 Å². The molecule has 2 atom stereocenters. The third-order valence-electron chi connectivity index (χ3n) is 5.66. The summed E-state index contributed by atoms with van der Waals surface area (Å²) in [6.45, 7) is 2.84. The van der Waals surface area contributed by atoms with Gasteiger partial charge in [-0.05, 0) is 48.7 Å². The van der Waals surface area contributed by atoms with Crippen LogP contribution in [0.25, 0.3) is 16.9 Å². The number of aryl methyl sites for hydroxylation is 1. The van der Waals surface area contributed by atoms with Crippen LogP contribution >= 0.6 is 0 Å². The Kier molecular flexibility index (Phi) is 6.16. The molecule has 0 aliphatic carbocycles. The molecule has 3 aromatic rings. The monoisotopic (exact) mass is 433 g/mol. The Morgan fingerprint density at radius 1 is 1.34 bits per heavy atom. The first-order valence-electron chi connectivity index (χ1n) is 10.3. The van der Waals surface area contributed by atoms with Gasteiger partial charge in [0.05, 0.1) is 48.2 Å². The fourth-order valence-corrected chi connectivity index (χ4v) is 3.82. The highest BCUT2D eigenvalue weighted by Gasteiger charge is 2.27. The molecule has 0 radical (unpaired) electrons. The minimum absolute atomic E-state index is 0.0845. The van der Waals surface area contributed by atoms with Gasteiger partial charge in [-0.3, -0.25) is 4.79 Å². The second kappa shape index (κ2) is 9.18. The first-order chi connectivity index (χ1) is 15.5. The largest absolute Gasteiger partial charge is 0.493 e. The summed E-state index contributed by atoms with van der Waals surface area (Å²) in [5, 5.41) is 36.4. The van der Waals surface area contributed by atoms with E-state index in [2.05, 4.69) is 21.5 Å². The first-order valence-corrected chi connectivity index (χ1v) is 10.3. The van der Waals surface area contributed by atoms with Gasteiger partial charge >= 0.3 is 0 Å². The number of pyridine rings is 1. The zero-order chi connectivity index (χ0) is 22.7. The predicted molar refractivity (Wildman–Crippen MR) is 115 cm³/mol. The Balaban J connectivity index is 1.52. The Labute approximate surface area is 184 Å². The number of aromatic nitrogens is 3. The Morgan fingerprint density at radius 3 is 2.81 bits per heavy atom. The number of rotatable bonds is 6. The zero-order valence-corrected chi connectivity index (χ0v) is 17.5. The van der Waals surface area contributed by atoms with Crippen LogP contribution in [0, 0.1) is 24.2 Å². The number of carbonyl (C=O) groups excluding carboxylic acids is 1. The van der Waals surface area contributed by atoms with Crippen molar-refractivity contribution in [3.63, 3.8) is 0 Å². The van der Waals surface area contributed by atoms with Crippen molar-refractivity contribution in [2.24, 2.45) is 5.92 Å². The summed E-state index contributed by atoms with van der Waals surface area (Å²) in [7, 11) is 0. The van der Waals surface area contributed by atoms with Gasteiger partial charge in [0, 0.05) is 18.7 Å². The molecule has 1 fully saturated rings. The van der Waals surface area contributed by atoms with E-state index in [1.807, 2.05) is 6.92 Å². The number of hydrogen-bond donors (Lipinski definition) is 3. The number of amides is 1. The molecule has 0 bridgehead atoms. The van der Waals surface area contributed by atoms with Crippen molar-refractivity contribution in [1.29, 1.82) is 5.26 Å². The minimum atomic E-state index is -0.377. The van der Waals surface area contributed by atoms with E-state index in [9.17, 15) is 15.0 Å². The van der Waals surface area contributed by atoms with Crippen LogP contribution in [0.3, 0.4) is 0 Å². The molecule has 9 nitrogen and oxygen atoms in total. The molecule has 2 aromatic heterocycles. The number of aliphatic hydroxyl groups excluding tert-OH is 1. The lowest BCUT2D eigenvalue weighted by molar-refractivity contribution is 0.0877. The van der Waals surface area contributed by atoms with Gasteiger partial charge in [0.25, 0.3) is 5.91 Å². The van der Waals surface area contributed by atoms with E-state index in [-0.39, 0.29) is 30.4 Å². The lowest BCUT2D eigenvalue weighted by Crippen LogP contribution is -2.43. The maximum absolute atomic E-state index is 12.6. The number of aliphatic hydroxyl groups is 1. The molecule has 0 spiro atoms. The number of nitrogens with one attached hydrogen (secondary N) is 1. The van der Waals surface area contributed by atoms with E-state index in [1.54, 1.807) is 30.3 Å². The van der Waals surface area contributed by atoms with E-state index in [0.29, 0.717) is 35.7 Å². The molecule has 1 aliphatic heterocycles. The zero-order valence-electron chi connectivity index (χ0n) is 17.5. The van der Waals surface area contributed by atoms with Crippen LogP contribution in [-0.2, 0) is 4.74 Å². The van der Waals surface area contributed by atoms with Crippen LogP contribution in [0.5, 0.6) is 5.88 Å². The summed E-state index contributed by atoms with van der Waals surface area (Å²) in [5.41, 5.74) is 2.98. The smallest absolute Gasteiger partial charge is 0.253 e. The van der Waals surface area contributed by atoms with Gasteiger partial charge in [0.15, 0.2) is 5.82 Å². The van der Waals surface area contributed by atoms with Crippen molar-refractivity contribution in [3.05, 3.63) is 59.4 Å². The third-order valence-corrected chi connectivity index (χ3v) is 5.66. The first kappa shape index (κ1) is 21.5. The second-order valence-electron chi connectivity index (χ2n) is 7.73. The van der Waals surface area contributed by atoms with E-state index in [1.165, 1.54) is 17.1 Å². The predicted octanol–water partition coefficient (Wildman–Crippen LogP) is 1.95. The van der Waals surface area contributed by atoms with Crippen molar-refractivity contribution < 1.29 is 19.7 Å². The normalized spacial score (nSPS) is 16.5. The highest BCUT2D eigenvalue weighted by atomic mass is 16.5. The number of ether oxygens (including phenoxy) is 1. The highest BCUT2D eigenvalue weighted by molar-refractivity contribution is 5.94. The average molecular weight is 433 g/mol. The molecule has 1 aliphatic rings. The SMILES string of the molecule is Cc1cc(C#N)ccc1-c1cnn(-c2ccc(C(=O)NC(CO)C3CCOC3)cn2)c1O. The number of nitrogens with zero attached hydrogens (tertiary/aromatic N) is 4. The molecule has 32 heavy (non-hydrogen) atoms. The van der Waals surface area contributed by atoms with Crippen molar-refractivity contribution in [1.82, 2.24) is 20.1 Å². The van der Waals surface area contributed by atoms with Crippen LogP contribution < -0.4 is 5.32 Å². The maximum atomic E-state index is 12.6. The molecule has 4 rings (SSSR count). The van der Waals surface area contributed by atoms with Gasteiger partial charge in [0.2, 0.25) is 5.88 Å². The summed E-state index contributed by atoms with van der Waals surface area (Å²) >= 11 is 0. The van der Waals surface area contributed by atoms with Crippen LogP contribution in [0.2, 0.25) is 0 Å². The molecule has 3 heterocycles. The standard InChI is InChI=1S/C23H23N5O4/c1-14-8-15(9-24)2-4-18(14)19-11-26-28(23(19)31)21-5-3-16(10-25-21)22(30)27-20(12-29)17-6-7-32-13-17/h2-5,8,10-11,17,20,29,31H,6-7,12-13H2,1H3,(H,27,30). The van der Waals surface area contributed by atoms with Crippen LogP contribution in [0.4, 0.5) is 0 Å². The van der Waals surface area contributed by atoms with Crippen molar-refractivity contribution in [2.45, 2.75) is 19.4 Å². The van der Waals surface area contributed by atoms with Gasteiger partial charge in [-0.25, -0.2) is 4.98 Å². The fourth-order valence-electron chi connectivity index (χ4n) is 3.82. The number of benzene rings is 1. The van der Waals surface area contributed by atoms with Gasteiger partial charge in [0.1, 0.15) is 0 Å². The van der Waals surface area contributed by atoms with Gasteiger partial charge in [-0.1, -0.05) is 6.07 Å². The summed E-state index contributed by atoms with van der Waals surface area (Å²) in [4.78, 5) is 16.8. The van der Waals surface area contributed by atoms with Crippen LogP contribution in [0.15, 0.2) is 42.7 Å².